The zero-order valence-corrected chi connectivity index (χ0v) is 18.1. The molecule has 2 aromatic rings. The van der Waals surface area contributed by atoms with Gasteiger partial charge in [0, 0.05) is 25.7 Å². The first-order chi connectivity index (χ1) is 14.2. The number of ether oxygens (including phenoxy) is 1. The van der Waals surface area contributed by atoms with Crippen molar-refractivity contribution < 1.29 is 19.4 Å². The molecular weight excluding hydrogens is 380 g/mol. The summed E-state index contributed by atoms with van der Waals surface area (Å²) in [5.41, 5.74) is 0.558. The van der Waals surface area contributed by atoms with Crippen molar-refractivity contribution in [1.82, 2.24) is 10.2 Å². The van der Waals surface area contributed by atoms with E-state index in [2.05, 4.69) is 28.4 Å². The van der Waals surface area contributed by atoms with E-state index in [0.717, 1.165) is 42.3 Å². The SMILES string of the molecule is CC(C)(C)OC(=O)NC1CCN(C[C@@H](Cc2cccc3ccccc23)C(=O)O)CC1. The summed E-state index contributed by atoms with van der Waals surface area (Å²) in [4.78, 5) is 26.1. The lowest BCUT2D eigenvalue weighted by Gasteiger charge is -2.34. The number of nitrogens with zero attached hydrogens (tertiary/aromatic N) is 1. The van der Waals surface area contributed by atoms with Gasteiger partial charge in [-0.1, -0.05) is 42.5 Å². The molecule has 1 saturated heterocycles. The fourth-order valence-corrected chi connectivity index (χ4v) is 4.01. The molecule has 0 saturated carbocycles. The van der Waals surface area contributed by atoms with Crippen molar-refractivity contribution in [3.63, 3.8) is 0 Å². The van der Waals surface area contributed by atoms with Crippen LogP contribution in [0.15, 0.2) is 42.5 Å². The van der Waals surface area contributed by atoms with Gasteiger partial charge in [0.05, 0.1) is 5.92 Å². The van der Waals surface area contributed by atoms with Gasteiger partial charge in [-0.15, -0.1) is 0 Å². The number of carbonyl (C=O) groups is 2. The first-order valence-corrected chi connectivity index (χ1v) is 10.6. The molecule has 0 radical (unpaired) electrons. The van der Waals surface area contributed by atoms with Crippen molar-refractivity contribution >= 4 is 22.8 Å². The zero-order valence-electron chi connectivity index (χ0n) is 18.1. The molecule has 3 rings (SSSR count). The average molecular weight is 413 g/mol. The second-order valence-electron chi connectivity index (χ2n) is 9.10. The molecule has 1 fully saturated rings. The second-order valence-corrected chi connectivity index (χ2v) is 9.10. The van der Waals surface area contributed by atoms with Crippen LogP contribution in [-0.4, -0.2) is 53.3 Å². The number of aliphatic carboxylic acids is 1. The number of likely N-dealkylation sites (tertiary alicyclic amines) is 1. The third-order valence-corrected chi connectivity index (χ3v) is 5.48. The van der Waals surface area contributed by atoms with E-state index in [9.17, 15) is 14.7 Å². The first kappa shape index (κ1) is 22.1. The molecule has 2 N–H and O–H groups in total. The van der Waals surface area contributed by atoms with Crippen LogP contribution < -0.4 is 5.32 Å². The van der Waals surface area contributed by atoms with Crippen molar-refractivity contribution in [2.45, 2.75) is 51.7 Å². The third-order valence-electron chi connectivity index (χ3n) is 5.48. The molecule has 0 aromatic heterocycles. The molecule has 30 heavy (non-hydrogen) atoms. The number of hydrogen-bond donors (Lipinski definition) is 2. The van der Waals surface area contributed by atoms with E-state index >= 15 is 0 Å². The van der Waals surface area contributed by atoms with Crippen LogP contribution in [0.1, 0.15) is 39.2 Å². The van der Waals surface area contributed by atoms with E-state index in [4.69, 9.17) is 4.74 Å². The molecule has 6 heteroatoms. The predicted octanol–water partition coefficient (Wildman–Crippen LogP) is 4.07. The number of alkyl carbamates (subject to hydrolysis) is 1. The largest absolute Gasteiger partial charge is 0.481 e. The van der Waals surface area contributed by atoms with Gasteiger partial charge in [0.2, 0.25) is 0 Å². The van der Waals surface area contributed by atoms with Gasteiger partial charge in [-0.2, -0.15) is 0 Å². The predicted molar refractivity (Wildman–Crippen MR) is 118 cm³/mol. The van der Waals surface area contributed by atoms with Crippen molar-refractivity contribution in [1.29, 1.82) is 0 Å². The molecule has 1 heterocycles. The summed E-state index contributed by atoms with van der Waals surface area (Å²) in [6, 6.07) is 14.2. The highest BCUT2D eigenvalue weighted by molar-refractivity contribution is 5.86. The molecule has 0 unspecified atom stereocenters. The summed E-state index contributed by atoms with van der Waals surface area (Å²) in [6.45, 7) is 7.57. The Morgan fingerprint density at radius 1 is 1.13 bits per heavy atom. The van der Waals surface area contributed by atoms with Gasteiger partial charge in [-0.3, -0.25) is 4.79 Å². The van der Waals surface area contributed by atoms with E-state index in [1.165, 1.54) is 0 Å². The fourth-order valence-electron chi connectivity index (χ4n) is 4.01. The fraction of sp³-hybridized carbons (Fsp3) is 0.500. The number of piperidine rings is 1. The Balaban J connectivity index is 1.55. The number of nitrogens with one attached hydrogen (secondary N) is 1. The topological polar surface area (TPSA) is 78.9 Å². The Labute approximate surface area is 178 Å². The van der Waals surface area contributed by atoms with E-state index in [1.54, 1.807) is 0 Å². The molecule has 1 aliphatic rings. The summed E-state index contributed by atoms with van der Waals surface area (Å²) in [6.07, 6.45) is 1.70. The van der Waals surface area contributed by atoms with E-state index < -0.39 is 17.5 Å². The van der Waals surface area contributed by atoms with E-state index in [1.807, 2.05) is 45.0 Å². The second kappa shape index (κ2) is 9.47. The molecule has 1 amide bonds. The van der Waals surface area contributed by atoms with Crippen LogP contribution >= 0.6 is 0 Å². The first-order valence-electron chi connectivity index (χ1n) is 10.6. The van der Waals surface area contributed by atoms with Gasteiger partial charge in [0.1, 0.15) is 5.60 Å². The Morgan fingerprint density at radius 2 is 1.80 bits per heavy atom. The van der Waals surface area contributed by atoms with Crippen molar-refractivity contribution in [3.8, 4) is 0 Å². The lowest BCUT2D eigenvalue weighted by molar-refractivity contribution is -0.142. The van der Waals surface area contributed by atoms with E-state index in [-0.39, 0.29) is 12.1 Å². The number of fused-ring (bicyclic) bond motifs is 1. The van der Waals surface area contributed by atoms with Crippen LogP contribution in [0.5, 0.6) is 0 Å². The maximum Gasteiger partial charge on any atom is 0.407 e. The standard InChI is InChI=1S/C24H32N2O4/c1-24(2,3)30-23(29)25-20-11-13-26(14-12-20)16-19(22(27)28)15-18-9-6-8-17-7-4-5-10-21(17)18/h4-10,19-20H,11-16H2,1-3H3,(H,25,29)(H,27,28)/t19-/m1/s1. The maximum atomic E-state index is 12.0. The molecule has 6 nitrogen and oxygen atoms in total. The number of hydrogen-bond acceptors (Lipinski definition) is 4. The summed E-state index contributed by atoms with van der Waals surface area (Å²) >= 11 is 0. The molecule has 1 aliphatic heterocycles. The van der Waals surface area contributed by atoms with Crippen LogP contribution in [-0.2, 0) is 16.0 Å². The Kier molecular flexibility index (Phi) is 6.98. The molecule has 0 bridgehead atoms. The molecule has 2 aromatic carbocycles. The van der Waals surface area contributed by atoms with Crippen molar-refractivity contribution in [2.75, 3.05) is 19.6 Å². The lowest BCUT2D eigenvalue weighted by Crippen LogP contribution is -2.47. The third kappa shape index (κ3) is 6.20. The highest BCUT2D eigenvalue weighted by atomic mass is 16.6. The molecule has 0 aliphatic carbocycles. The molecule has 162 valence electrons. The van der Waals surface area contributed by atoms with Crippen molar-refractivity contribution in [2.24, 2.45) is 5.92 Å². The molecule has 1 atom stereocenters. The number of carboxylic acids is 1. The Bertz CT molecular complexity index is 877. The minimum Gasteiger partial charge on any atom is -0.481 e. The van der Waals surface area contributed by atoms with Gasteiger partial charge in [-0.25, -0.2) is 4.79 Å². The summed E-state index contributed by atoms with van der Waals surface area (Å²) < 4.78 is 5.32. The van der Waals surface area contributed by atoms with Crippen LogP contribution in [0.25, 0.3) is 10.8 Å². The highest BCUT2D eigenvalue weighted by Gasteiger charge is 2.27. The smallest absolute Gasteiger partial charge is 0.407 e. The summed E-state index contributed by atoms with van der Waals surface area (Å²) in [5, 5.41) is 15.0. The van der Waals surface area contributed by atoms with Gasteiger partial charge in [0.15, 0.2) is 0 Å². The zero-order chi connectivity index (χ0) is 21.7. The Morgan fingerprint density at radius 3 is 2.47 bits per heavy atom. The summed E-state index contributed by atoms with van der Waals surface area (Å²) in [7, 11) is 0. The lowest BCUT2D eigenvalue weighted by atomic mass is 9.93. The van der Waals surface area contributed by atoms with Gasteiger partial charge in [-0.05, 0) is 56.4 Å². The highest BCUT2D eigenvalue weighted by Crippen LogP contribution is 2.23. The minimum atomic E-state index is -0.767. The molecule has 0 spiro atoms. The van der Waals surface area contributed by atoms with E-state index in [0.29, 0.717) is 13.0 Å². The normalized spacial score (nSPS) is 16.9. The number of carbonyl (C=O) groups excluding carboxylic acids is 1. The minimum absolute atomic E-state index is 0.0671. The van der Waals surface area contributed by atoms with Crippen molar-refractivity contribution in [3.05, 3.63) is 48.0 Å². The monoisotopic (exact) mass is 412 g/mol. The number of rotatable bonds is 6. The molecular formula is C24H32N2O4. The number of benzene rings is 2. The average Bonchev–Trinajstić information content (AvgIpc) is 2.67. The Hall–Kier alpha value is -2.60. The quantitative estimate of drug-likeness (QED) is 0.748. The number of carboxylic acid groups (broad SMARTS) is 1. The number of amides is 1. The van der Waals surface area contributed by atoms with Crippen LogP contribution in [0.3, 0.4) is 0 Å². The van der Waals surface area contributed by atoms with Crippen LogP contribution in [0.4, 0.5) is 4.79 Å². The van der Waals surface area contributed by atoms with Gasteiger partial charge >= 0.3 is 12.1 Å². The van der Waals surface area contributed by atoms with Crippen LogP contribution in [0.2, 0.25) is 0 Å². The van der Waals surface area contributed by atoms with Gasteiger partial charge in [0.25, 0.3) is 0 Å². The van der Waals surface area contributed by atoms with Crippen LogP contribution in [0, 0.1) is 5.92 Å². The maximum absolute atomic E-state index is 12.0. The summed E-state index contributed by atoms with van der Waals surface area (Å²) in [5.74, 6) is -1.23. The van der Waals surface area contributed by atoms with Gasteiger partial charge < -0.3 is 20.1 Å².